The molecular weight excluding hydrogens is 368 g/mol. The van der Waals surface area contributed by atoms with E-state index < -0.39 is 24.9 Å². The first-order chi connectivity index (χ1) is 14.1. The van der Waals surface area contributed by atoms with Crippen molar-refractivity contribution in [2.24, 2.45) is 0 Å². The first-order valence-corrected chi connectivity index (χ1v) is 12.0. The van der Waals surface area contributed by atoms with Crippen LogP contribution in [0.3, 0.4) is 0 Å². The van der Waals surface area contributed by atoms with Crippen LogP contribution < -0.4 is 0 Å². The molecule has 4 N–H and O–H groups in total. The average Bonchev–Trinajstić information content (AvgIpc) is 2.72. The molecule has 0 bridgehead atoms. The summed E-state index contributed by atoms with van der Waals surface area (Å²) in [5, 5.41) is 37.3. The van der Waals surface area contributed by atoms with E-state index in [2.05, 4.69) is 19.1 Å². The van der Waals surface area contributed by atoms with E-state index in [1.165, 1.54) is 77.0 Å². The molecular formula is C24H48O5. The average molecular weight is 417 g/mol. The van der Waals surface area contributed by atoms with Crippen LogP contribution >= 0.6 is 0 Å². The molecule has 0 aromatic heterocycles. The summed E-state index contributed by atoms with van der Waals surface area (Å²) in [5.41, 5.74) is 0. The Labute approximate surface area is 179 Å². The largest absolute Gasteiger partial charge is 0.394 e. The fourth-order valence-corrected chi connectivity index (χ4v) is 3.28. The normalized spacial score (nSPS) is 15.1. The summed E-state index contributed by atoms with van der Waals surface area (Å²) < 4.78 is 5.39. The number of unbranched alkanes of at least 4 members (excludes halogenated alkanes) is 12. The van der Waals surface area contributed by atoms with Crippen LogP contribution in [0, 0.1) is 0 Å². The number of hydrogen-bond acceptors (Lipinski definition) is 5. The number of allylic oxidation sites excluding steroid dienone is 2. The summed E-state index contributed by atoms with van der Waals surface area (Å²) in [6.45, 7) is 2.48. The van der Waals surface area contributed by atoms with Gasteiger partial charge in [-0.1, -0.05) is 76.9 Å². The van der Waals surface area contributed by atoms with Crippen molar-refractivity contribution >= 4 is 0 Å². The van der Waals surface area contributed by atoms with Gasteiger partial charge in [-0.15, -0.1) is 0 Å². The third-order valence-electron chi connectivity index (χ3n) is 5.26. The fourth-order valence-electron chi connectivity index (χ4n) is 3.28. The first-order valence-electron chi connectivity index (χ1n) is 12.0. The highest BCUT2D eigenvalue weighted by Gasteiger charge is 2.19. The summed E-state index contributed by atoms with van der Waals surface area (Å²) in [6, 6.07) is 0. The zero-order valence-corrected chi connectivity index (χ0v) is 18.8. The van der Waals surface area contributed by atoms with Crippen molar-refractivity contribution in [1.29, 1.82) is 0 Å². The molecule has 0 amide bonds. The number of aliphatic hydroxyl groups is 4. The molecule has 0 rings (SSSR count). The summed E-state index contributed by atoms with van der Waals surface area (Å²) in [7, 11) is 0. The second-order valence-corrected chi connectivity index (χ2v) is 8.22. The molecule has 0 aliphatic heterocycles. The number of aliphatic hydroxyl groups excluding tert-OH is 4. The molecule has 0 spiro atoms. The topological polar surface area (TPSA) is 90.2 Å². The van der Waals surface area contributed by atoms with Crippen LogP contribution in [0.2, 0.25) is 0 Å². The molecule has 3 unspecified atom stereocenters. The van der Waals surface area contributed by atoms with Crippen molar-refractivity contribution in [2.45, 2.75) is 122 Å². The SMILES string of the molecule is CCCCCCCC/C=C\CCCCCCCCOCC(O)C(O)CC(O)CO. The fraction of sp³-hybridized carbons (Fsp3) is 0.917. The van der Waals surface area contributed by atoms with Gasteiger partial charge in [-0.05, 0) is 32.1 Å². The zero-order valence-electron chi connectivity index (χ0n) is 18.8. The molecule has 29 heavy (non-hydrogen) atoms. The summed E-state index contributed by atoms with van der Waals surface area (Å²) in [5.74, 6) is 0. The lowest BCUT2D eigenvalue weighted by molar-refractivity contribution is -0.0597. The van der Waals surface area contributed by atoms with Crippen molar-refractivity contribution in [3.05, 3.63) is 12.2 Å². The van der Waals surface area contributed by atoms with Crippen LogP contribution in [0.5, 0.6) is 0 Å². The van der Waals surface area contributed by atoms with Crippen LogP contribution in [0.1, 0.15) is 103 Å². The van der Waals surface area contributed by atoms with Gasteiger partial charge in [0.1, 0.15) is 6.10 Å². The van der Waals surface area contributed by atoms with Crippen molar-refractivity contribution in [3.63, 3.8) is 0 Å². The Kier molecular flexibility index (Phi) is 21.9. The van der Waals surface area contributed by atoms with Gasteiger partial charge >= 0.3 is 0 Å². The Morgan fingerprint density at radius 3 is 1.76 bits per heavy atom. The molecule has 0 saturated heterocycles. The van der Waals surface area contributed by atoms with Gasteiger partial charge in [-0.25, -0.2) is 0 Å². The third-order valence-corrected chi connectivity index (χ3v) is 5.26. The van der Waals surface area contributed by atoms with Gasteiger partial charge in [0.25, 0.3) is 0 Å². The summed E-state index contributed by atoms with van der Waals surface area (Å²) >= 11 is 0. The second-order valence-electron chi connectivity index (χ2n) is 8.22. The minimum absolute atomic E-state index is 0.0464. The smallest absolute Gasteiger partial charge is 0.103 e. The van der Waals surface area contributed by atoms with Crippen LogP contribution in [0.25, 0.3) is 0 Å². The first kappa shape index (κ1) is 28.5. The van der Waals surface area contributed by atoms with Crippen molar-refractivity contribution in [1.82, 2.24) is 0 Å². The minimum Gasteiger partial charge on any atom is -0.394 e. The number of rotatable bonds is 22. The van der Waals surface area contributed by atoms with E-state index in [1.807, 2.05) is 0 Å². The Morgan fingerprint density at radius 2 is 1.21 bits per heavy atom. The molecule has 0 heterocycles. The highest BCUT2D eigenvalue weighted by atomic mass is 16.5. The monoisotopic (exact) mass is 416 g/mol. The molecule has 174 valence electrons. The van der Waals surface area contributed by atoms with Crippen molar-refractivity contribution < 1.29 is 25.2 Å². The van der Waals surface area contributed by atoms with Crippen LogP contribution in [-0.2, 0) is 4.74 Å². The summed E-state index contributed by atoms with van der Waals surface area (Å²) in [6.07, 6.45) is 19.3. The van der Waals surface area contributed by atoms with Gasteiger partial charge in [0, 0.05) is 13.0 Å². The predicted octanol–water partition coefficient (Wildman–Crippen LogP) is 4.51. The Bertz CT molecular complexity index is 348. The van der Waals surface area contributed by atoms with Gasteiger partial charge in [0.15, 0.2) is 0 Å². The lowest BCUT2D eigenvalue weighted by atomic mass is 10.1. The Hall–Kier alpha value is -0.460. The molecule has 0 radical (unpaired) electrons. The minimum atomic E-state index is -1.07. The molecule has 0 aliphatic carbocycles. The lowest BCUT2D eigenvalue weighted by Gasteiger charge is -2.19. The standard InChI is InChI=1S/C24H48O5/c1-2-3-4-5-6-7-8-9-10-11-12-13-14-15-16-17-18-29-21-24(28)23(27)19-22(26)20-25/h9-10,22-28H,2-8,11-21H2,1H3/b10-9-. The van der Waals surface area contributed by atoms with Gasteiger partial charge in [0.2, 0.25) is 0 Å². The van der Waals surface area contributed by atoms with Crippen LogP contribution in [0.15, 0.2) is 12.2 Å². The Morgan fingerprint density at radius 1 is 0.690 bits per heavy atom. The van der Waals surface area contributed by atoms with E-state index in [-0.39, 0.29) is 13.0 Å². The van der Waals surface area contributed by atoms with E-state index >= 15 is 0 Å². The maximum absolute atomic E-state index is 9.72. The van der Waals surface area contributed by atoms with E-state index in [0.29, 0.717) is 6.61 Å². The van der Waals surface area contributed by atoms with E-state index in [9.17, 15) is 15.3 Å². The molecule has 5 heteroatoms. The molecule has 5 nitrogen and oxygen atoms in total. The maximum Gasteiger partial charge on any atom is 0.103 e. The molecule has 0 aromatic carbocycles. The number of hydrogen-bond donors (Lipinski definition) is 4. The third kappa shape index (κ3) is 20.6. The lowest BCUT2D eigenvalue weighted by Crippen LogP contribution is -2.34. The maximum atomic E-state index is 9.72. The van der Waals surface area contributed by atoms with E-state index in [1.54, 1.807) is 0 Å². The van der Waals surface area contributed by atoms with Gasteiger partial charge < -0.3 is 25.2 Å². The highest BCUT2D eigenvalue weighted by Crippen LogP contribution is 2.10. The molecule has 0 aliphatic rings. The van der Waals surface area contributed by atoms with Gasteiger partial charge in [-0.2, -0.15) is 0 Å². The Balaban J connectivity index is 3.28. The summed E-state index contributed by atoms with van der Waals surface area (Å²) in [4.78, 5) is 0. The molecule has 0 fully saturated rings. The van der Waals surface area contributed by atoms with Gasteiger partial charge in [-0.3, -0.25) is 0 Å². The van der Waals surface area contributed by atoms with Gasteiger partial charge in [0.05, 0.1) is 25.4 Å². The number of ether oxygens (including phenoxy) is 1. The van der Waals surface area contributed by atoms with Crippen molar-refractivity contribution in [2.75, 3.05) is 19.8 Å². The highest BCUT2D eigenvalue weighted by molar-refractivity contribution is 4.81. The van der Waals surface area contributed by atoms with Crippen molar-refractivity contribution in [3.8, 4) is 0 Å². The second kappa shape index (κ2) is 22.2. The van der Waals surface area contributed by atoms with E-state index in [0.717, 1.165) is 12.8 Å². The van der Waals surface area contributed by atoms with Crippen LogP contribution in [0.4, 0.5) is 0 Å². The molecule has 0 saturated carbocycles. The zero-order chi connectivity index (χ0) is 21.6. The quantitative estimate of drug-likeness (QED) is 0.154. The molecule has 0 aromatic rings. The van der Waals surface area contributed by atoms with E-state index in [4.69, 9.17) is 9.84 Å². The predicted molar refractivity (Wildman–Crippen MR) is 120 cm³/mol. The molecule has 3 atom stereocenters. The van der Waals surface area contributed by atoms with Crippen LogP contribution in [-0.4, -0.2) is 58.6 Å².